The average Bonchev–Trinajstić information content (AvgIpc) is 2.48. The van der Waals surface area contributed by atoms with Crippen LogP contribution in [-0.4, -0.2) is 21.2 Å². The minimum Gasteiger partial charge on any atom is -0.392 e. The highest BCUT2D eigenvalue weighted by molar-refractivity contribution is 5.81. The number of aromatic nitrogens is 2. The summed E-state index contributed by atoms with van der Waals surface area (Å²) in [5.74, 6) is 0. The quantitative estimate of drug-likeness (QED) is 0.788. The fraction of sp³-hybridized carbons (Fsp3) is 0.176. The standard InChI is InChI=1S/C17H16N2O/c20-15(11-13-5-8-18-9-6-13)12-14-7-10-19-17-4-2-1-3-16(14)17/h1-10,15,20H,11-12H2. The molecule has 0 aliphatic carbocycles. The normalized spacial score (nSPS) is 12.4. The number of hydrogen-bond donors (Lipinski definition) is 1. The van der Waals surface area contributed by atoms with E-state index in [1.54, 1.807) is 18.6 Å². The van der Waals surface area contributed by atoms with Gasteiger partial charge in [-0.3, -0.25) is 9.97 Å². The summed E-state index contributed by atoms with van der Waals surface area (Å²) in [5, 5.41) is 11.4. The van der Waals surface area contributed by atoms with Gasteiger partial charge in [0.25, 0.3) is 0 Å². The maximum Gasteiger partial charge on any atom is 0.0704 e. The SMILES string of the molecule is OC(Cc1ccncc1)Cc1ccnc2ccccc12. The lowest BCUT2D eigenvalue weighted by Gasteiger charge is -2.12. The highest BCUT2D eigenvalue weighted by Crippen LogP contribution is 2.18. The molecule has 0 aliphatic heterocycles. The number of benzene rings is 1. The van der Waals surface area contributed by atoms with E-state index in [2.05, 4.69) is 16.0 Å². The van der Waals surface area contributed by atoms with Gasteiger partial charge in [0.1, 0.15) is 0 Å². The molecule has 0 saturated carbocycles. The van der Waals surface area contributed by atoms with Crippen molar-refractivity contribution < 1.29 is 5.11 Å². The zero-order valence-electron chi connectivity index (χ0n) is 11.1. The van der Waals surface area contributed by atoms with E-state index in [9.17, 15) is 5.11 Å². The molecule has 3 rings (SSSR count). The van der Waals surface area contributed by atoms with E-state index in [4.69, 9.17) is 0 Å². The van der Waals surface area contributed by atoms with Crippen LogP contribution in [0.5, 0.6) is 0 Å². The Morgan fingerprint density at radius 2 is 1.70 bits per heavy atom. The largest absolute Gasteiger partial charge is 0.392 e. The van der Waals surface area contributed by atoms with Crippen LogP contribution in [0.1, 0.15) is 11.1 Å². The maximum absolute atomic E-state index is 10.3. The molecule has 20 heavy (non-hydrogen) atoms. The monoisotopic (exact) mass is 264 g/mol. The molecule has 3 nitrogen and oxygen atoms in total. The molecule has 3 aromatic rings. The Morgan fingerprint density at radius 3 is 2.55 bits per heavy atom. The Hall–Kier alpha value is -2.26. The van der Waals surface area contributed by atoms with Gasteiger partial charge in [0.2, 0.25) is 0 Å². The third-order valence-electron chi connectivity index (χ3n) is 3.42. The summed E-state index contributed by atoms with van der Waals surface area (Å²) in [7, 11) is 0. The lowest BCUT2D eigenvalue weighted by atomic mass is 9.99. The lowest BCUT2D eigenvalue weighted by Crippen LogP contribution is -2.14. The number of rotatable bonds is 4. The molecule has 3 heteroatoms. The van der Waals surface area contributed by atoms with Gasteiger partial charge < -0.3 is 5.11 Å². The van der Waals surface area contributed by atoms with Crippen LogP contribution in [0.15, 0.2) is 61.1 Å². The number of hydrogen-bond acceptors (Lipinski definition) is 3. The van der Waals surface area contributed by atoms with Crippen molar-refractivity contribution in [1.29, 1.82) is 0 Å². The number of pyridine rings is 2. The summed E-state index contributed by atoms with van der Waals surface area (Å²) in [6.45, 7) is 0. The molecule has 1 unspecified atom stereocenters. The van der Waals surface area contributed by atoms with Crippen LogP contribution >= 0.6 is 0 Å². The van der Waals surface area contributed by atoms with Gasteiger partial charge in [-0.05, 0) is 48.2 Å². The van der Waals surface area contributed by atoms with Crippen LogP contribution in [0.3, 0.4) is 0 Å². The number of aliphatic hydroxyl groups excluding tert-OH is 1. The minimum atomic E-state index is -0.400. The van der Waals surface area contributed by atoms with E-state index in [0.29, 0.717) is 12.8 Å². The van der Waals surface area contributed by atoms with Gasteiger partial charge >= 0.3 is 0 Å². The Balaban J connectivity index is 1.79. The summed E-state index contributed by atoms with van der Waals surface area (Å²) in [4.78, 5) is 8.33. The van der Waals surface area contributed by atoms with Crippen molar-refractivity contribution in [1.82, 2.24) is 9.97 Å². The van der Waals surface area contributed by atoms with Crippen molar-refractivity contribution in [3.63, 3.8) is 0 Å². The number of nitrogens with zero attached hydrogens (tertiary/aromatic N) is 2. The molecule has 2 aromatic heterocycles. The van der Waals surface area contributed by atoms with E-state index in [0.717, 1.165) is 22.0 Å². The van der Waals surface area contributed by atoms with Gasteiger partial charge in [-0.2, -0.15) is 0 Å². The van der Waals surface area contributed by atoms with Gasteiger partial charge in [-0.15, -0.1) is 0 Å². The number of fused-ring (bicyclic) bond motifs is 1. The first-order valence-electron chi connectivity index (χ1n) is 6.72. The first-order valence-corrected chi connectivity index (χ1v) is 6.72. The summed E-state index contributed by atoms with van der Waals surface area (Å²) in [6.07, 6.45) is 6.18. The molecular weight excluding hydrogens is 248 g/mol. The third kappa shape index (κ3) is 2.83. The molecule has 0 spiro atoms. The van der Waals surface area contributed by atoms with Crippen LogP contribution in [0, 0.1) is 0 Å². The van der Waals surface area contributed by atoms with Gasteiger partial charge in [-0.1, -0.05) is 18.2 Å². The Labute approximate surface area is 117 Å². The Bertz CT molecular complexity index is 692. The zero-order valence-corrected chi connectivity index (χ0v) is 11.1. The maximum atomic E-state index is 10.3. The van der Waals surface area contributed by atoms with Crippen molar-refractivity contribution >= 4 is 10.9 Å². The van der Waals surface area contributed by atoms with Crippen molar-refractivity contribution in [2.24, 2.45) is 0 Å². The second-order valence-corrected chi connectivity index (χ2v) is 4.90. The van der Waals surface area contributed by atoms with Crippen LogP contribution in [-0.2, 0) is 12.8 Å². The van der Waals surface area contributed by atoms with Crippen molar-refractivity contribution in [2.45, 2.75) is 18.9 Å². The van der Waals surface area contributed by atoms with Crippen LogP contribution < -0.4 is 0 Å². The molecule has 0 bridgehead atoms. The molecule has 0 radical (unpaired) electrons. The predicted molar refractivity (Wildman–Crippen MR) is 79.4 cm³/mol. The molecule has 100 valence electrons. The second-order valence-electron chi connectivity index (χ2n) is 4.90. The Kier molecular flexibility index (Phi) is 3.70. The predicted octanol–water partition coefficient (Wildman–Crippen LogP) is 2.78. The Morgan fingerprint density at radius 1 is 0.900 bits per heavy atom. The molecule has 1 aromatic carbocycles. The fourth-order valence-corrected chi connectivity index (χ4v) is 2.45. The van der Waals surface area contributed by atoms with E-state index in [1.807, 2.05) is 36.4 Å². The third-order valence-corrected chi connectivity index (χ3v) is 3.42. The summed E-state index contributed by atoms with van der Waals surface area (Å²) in [6, 6.07) is 13.9. The minimum absolute atomic E-state index is 0.400. The molecule has 0 amide bonds. The van der Waals surface area contributed by atoms with Crippen molar-refractivity contribution in [2.75, 3.05) is 0 Å². The summed E-state index contributed by atoms with van der Waals surface area (Å²) >= 11 is 0. The lowest BCUT2D eigenvalue weighted by molar-refractivity contribution is 0.176. The van der Waals surface area contributed by atoms with E-state index >= 15 is 0 Å². The molecule has 2 heterocycles. The molecule has 1 N–H and O–H groups in total. The topological polar surface area (TPSA) is 46.0 Å². The van der Waals surface area contributed by atoms with Gasteiger partial charge in [0.05, 0.1) is 11.6 Å². The second kappa shape index (κ2) is 5.80. The summed E-state index contributed by atoms with van der Waals surface area (Å²) in [5.41, 5.74) is 3.21. The number of para-hydroxylation sites is 1. The van der Waals surface area contributed by atoms with Crippen molar-refractivity contribution in [3.8, 4) is 0 Å². The molecule has 0 saturated heterocycles. The first kappa shape index (κ1) is 12.8. The summed E-state index contributed by atoms with van der Waals surface area (Å²) < 4.78 is 0. The first-order chi connectivity index (χ1) is 9.83. The average molecular weight is 264 g/mol. The zero-order chi connectivity index (χ0) is 13.8. The van der Waals surface area contributed by atoms with Crippen molar-refractivity contribution in [3.05, 3.63) is 72.2 Å². The highest BCUT2D eigenvalue weighted by Gasteiger charge is 2.09. The smallest absolute Gasteiger partial charge is 0.0704 e. The van der Waals surface area contributed by atoms with E-state index in [1.165, 1.54) is 0 Å². The fourth-order valence-electron chi connectivity index (χ4n) is 2.45. The highest BCUT2D eigenvalue weighted by atomic mass is 16.3. The molecule has 1 atom stereocenters. The van der Waals surface area contributed by atoms with Gasteiger partial charge in [0.15, 0.2) is 0 Å². The molecular formula is C17H16N2O. The van der Waals surface area contributed by atoms with Crippen LogP contribution in [0.4, 0.5) is 0 Å². The van der Waals surface area contributed by atoms with E-state index < -0.39 is 6.10 Å². The van der Waals surface area contributed by atoms with Crippen LogP contribution in [0.25, 0.3) is 10.9 Å². The van der Waals surface area contributed by atoms with Gasteiger partial charge in [0, 0.05) is 24.0 Å². The van der Waals surface area contributed by atoms with Crippen LogP contribution in [0.2, 0.25) is 0 Å². The number of aliphatic hydroxyl groups is 1. The molecule has 0 aliphatic rings. The van der Waals surface area contributed by atoms with Gasteiger partial charge in [-0.25, -0.2) is 0 Å². The molecule has 0 fully saturated rings. The van der Waals surface area contributed by atoms with E-state index in [-0.39, 0.29) is 0 Å².